The molecule has 0 bridgehead atoms. The molecule has 0 heterocycles. The first kappa shape index (κ1) is 15.9. The van der Waals surface area contributed by atoms with Crippen LogP contribution < -0.4 is 10.0 Å². The van der Waals surface area contributed by atoms with Gasteiger partial charge in [0.15, 0.2) is 0 Å². The molecule has 0 aromatic rings. The Kier molecular flexibility index (Phi) is 4.84. The molecule has 2 N–H and O–H groups in total. The van der Waals surface area contributed by atoms with Crippen LogP contribution in [0.1, 0.15) is 53.4 Å². The minimum Gasteiger partial charge on any atom is -0.312 e. The molecule has 0 amide bonds. The normalized spacial score (nSPS) is 25.1. The van der Waals surface area contributed by atoms with Gasteiger partial charge in [0.2, 0.25) is 10.0 Å². The van der Waals surface area contributed by atoms with Gasteiger partial charge in [0.25, 0.3) is 0 Å². The fourth-order valence-corrected chi connectivity index (χ4v) is 3.86. The first-order valence-corrected chi connectivity index (χ1v) is 8.63. The second-order valence-corrected chi connectivity index (χ2v) is 8.67. The van der Waals surface area contributed by atoms with E-state index in [-0.39, 0.29) is 0 Å². The van der Waals surface area contributed by atoms with E-state index in [1.165, 1.54) is 31.9 Å². The van der Waals surface area contributed by atoms with Gasteiger partial charge in [-0.3, -0.25) is 0 Å². The summed E-state index contributed by atoms with van der Waals surface area (Å²) in [6.07, 6.45) is 6.20. The smallest absolute Gasteiger partial charge is 0.209 e. The topological polar surface area (TPSA) is 58.2 Å². The zero-order valence-corrected chi connectivity index (χ0v) is 13.2. The van der Waals surface area contributed by atoms with Crippen molar-refractivity contribution >= 4 is 10.0 Å². The van der Waals surface area contributed by atoms with Crippen LogP contribution in [-0.4, -0.2) is 32.8 Å². The zero-order valence-electron chi connectivity index (χ0n) is 12.3. The average molecular weight is 276 g/mol. The maximum atomic E-state index is 11.3. The Bertz CT molecular complexity index is 374. The van der Waals surface area contributed by atoms with Crippen molar-refractivity contribution in [2.45, 2.75) is 65.0 Å². The van der Waals surface area contributed by atoms with Crippen LogP contribution in [0.3, 0.4) is 0 Å². The highest BCUT2D eigenvalue weighted by atomic mass is 32.2. The van der Waals surface area contributed by atoms with Gasteiger partial charge in [0.05, 0.1) is 6.26 Å². The van der Waals surface area contributed by atoms with Crippen molar-refractivity contribution in [3.8, 4) is 0 Å². The molecule has 18 heavy (non-hydrogen) atoms. The Balaban J connectivity index is 2.53. The molecule has 1 aliphatic rings. The lowest BCUT2D eigenvalue weighted by molar-refractivity contribution is 0.160. The first-order chi connectivity index (χ1) is 8.02. The van der Waals surface area contributed by atoms with Crippen LogP contribution in [0.4, 0.5) is 0 Å². The molecule has 0 aromatic carbocycles. The number of nitrogens with one attached hydrogen (secondary N) is 2. The molecule has 1 saturated carbocycles. The average Bonchev–Trinajstić information content (AvgIpc) is 2.11. The van der Waals surface area contributed by atoms with E-state index in [4.69, 9.17) is 0 Å². The van der Waals surface area contributed by atoms with Crippen LogP contribution in [-0.2, 0) is 10.0 Å². The maximum absolute atomic E-state index is 11.3. The standard InChI is InChI=1S/C13H28N2O2S/c1-12(2)9-7-6-8-11(12)14-10-13(3,4)15-18(5,16)17/h11,14-15H,6-10H2,1-5H3. The summed E-state index contributed by atoms with van der Waals surface area (Å²) < 4.78 is 25.2. The Morgan fingerprint density at radius 1 is 1.28 bits per heavy atom. The SMILES string of the molecule is CC(C)(CNC1CCCCC1(C)C)NS(C)(=O)=O. The Morgan fingerprint density at radius 2 is 1.89 bits per heavy atom. The third-order valence-corrected chi connectivity index (χ3v) is 4.68. The number of hydrogen-bond donors (Lipinski definition) is 2. The van der Waals surface area contributed by atoms with Crippen molar-refractivity contribution in [3.63, 3.8) is 0 Å². The fraction of sp³-hybridized carbons (Fsp3) is 1.00. The molecule has 1 atom stereocenters. The van der Waals surface area contributed by atoms with Gasteiger partial charge in [-0.05, 0) is 32.1 Å². The largest absolute Gasteiger partial charge is 0.312 e. The molecule has 0 spiro atoms. The van der Waals surface area contributed by atoms with E-state index in [1.807, 2.05) is 13.8 Å². The number of hydrogen-bond acceptors (Lipinski definition) is 3. The van der Waals surface area contributed by atoms with Crippen LogP contribution in [0.15, 0.2) is 0 Å². The van der Waals surface area contributed by atoms with Gasteiger partial charge in [-0.25, -0.2) is 13.1 Å². The highest BCUT2D eigenvalue weighted by Gasteiger charge is 2.33. The third-order valence-electron chi connectivity index (χ3n) is 3.76. The summed E-state index contributed by atoms with van der Waals surface area (Å²) >= 11 is 0. The molecule has 1 unspecified atom stereocenters. The lowest BCUT2D eigenvalue weighted by atomic mass is 9.73. The third kappa shape index (κ3) is 5.24. The van der Waals surface area contributed by atoms with Gasteiger partial charge in [0.1, 0.15) is 0 Å². The molecule has 4 nitrogen and oxygen atoms in total. The Labute approximate surface area is 112 Å². The molecule has 108 valence electrons. The van der Waals surface area contributed by atoms with E-state index in [1.54, 1.807) is 0 Å². The van der Waals surface area contributed by atoms with Crippen molar-refractivity contribution in [1.82, 2.24) is 10.0 Å². The second-order valence-electron chi connectivity index (χ2n) is 6.93. The van der Waals surface area contributed by atoms with Gasteiger partial charge in [0, 0.05) is 18.1 Å². The predicted molar refractivity (Wildman–Crippen MR) is 76.1 cm³/mol. The number of rotatable bonds is 5. The van der Waals surface area contributed by atoms with Gasteiger partial charge in [-0.15, -0.1) is 0 Å². The first-order valence-electron chi connectivity index (χ1n) is 6.74. The molecule has 0 aromatic heterocycles. The Morgan fingerprint density at radius 3 is 2.39 bits per heavy atom. The zero-order chi connectivity index (χ0) is 14.0. The summed E-state index contributed by atoms with van der Waals surface area (Å²) in [4.78, 5) is 0. The lowest BCUT2D eigenvalue weighted by Crippen LogP contribution is -2.54. The van der Waals surface area contributed by atoms with Crippen LogP contribution >= 0.6 is 0 Å². The van der Waals surface area contributed by atoms with E-state index >= 15 is 0 Å². The molecule has 0 aliphatic heterocycles. The summed E-state index contributed by atoms with van der Waals surface area (Å²) in [7, 11) is -3.15. The fourth-order valence-electron chi connectivity index (χ4n) is 2.79. The molecular weight excluding hydrogens is 248 g/mol. The molecule has 1 rings (SSSR count). The van der Waals surface area contributed by atoms with Gasteiger partial charge < -0.3 is 5.32 Å². The summed E-state index contributed by atoms with van der Waals surface area (Å²) in [5, 5.41) is 3.55. The molecule has 0 saturated heterocycles. The molecular formula is C13H28N2O2S. The monoisotopic (exact) mass is 276 g/mol. The lowest BCUT2D eigenvalue weighted by Gasteiger charge is -2.41. The quantitative estimate of drug-likeness (QED) is 0.806. The molecule has 1 fully saturated rings. The van der Waals surface area contributed by atoms with E-state index in [0.717, 1.165) is 0 Å². The highest BCUT2D eigenvalue weighted by Crippen LogP contribution is 2.35. The predicted octanol–water partition coefficient (Wildman–Crippen LogP) is 1.87. The van der Waals surface area contributed by atoms with Gasteiger partial charge >= 0.3 is 0 Å². The molecule has 5 heteroatoms. The molecule has 0 radical (unpaired) electrons. The summed E-state index contributed by atoms with van der Waals surface area (Å²) in [5.74, 6) is 0. The van der Waals surface area contributed by atoms with Gasteiger partial charge in [-0.2, -0.15) is 0 Å². The van der Waals surface area contributed by atoms with Crippen LogP contribution in [0.5, 0.6) is 0 Å². The maximum Gasteiger partial charge on any atom is 0.209 e. The van der Waals surface area contributed by atoms with Crippen LogP contribution in [0, 0.1) is 5.41 Å². The van der Waals surface area contributed by atoms with E-state index < -0.39 is 15.6 Å². The van der Waals surface area contributed by atoms with Crippen molar-refractivity contribution in [2.75, 3.05) is 12.8 Å². The van der Waals surface area contributed by atoms with Crippen LogP contribution in [0.2, 0.25) is 0 Å². The van der Waals surface area contributed by atoms with Gasteiger partial charge in [-0.1, -0.05) is 26.7 Å². The number of sulfonamides is 1. The second kappa shape index (κ2) is 5.47. The molecule has 1 aliphatic carbocycles. The highest BCUT2D eigenvalue weighted by molar-refractivity contribution is 7.88. The van der Waals surface area contributed by atoms with Crippen molar-refractivity contribution in [2.24, 2.45) is 5.41 Å². The minimum atomic E-state index is -3.15. The Hall–Kier alpha value is -0.130. The summed E-state index contributed by atoms with van der Waals surface area (Å²) in [5.41, 5.74) is -0.138. The van der Waals surface area contributed by atoms with Crippen molar-refractivity contribution in [3.05, 3.63) is 0 Å². The van der Waals surface area contributed by atoms with E-state index in [2.05, 4.69) is 23.9 Å². The van der Waals surface area contributed by atoms with Crippen molar-refractivity contribution < 1.29 is 8.42 Å². The van der Waals surface area contributed by atoms with E-state index in [9.17, 15) is 8.42 Å². The minimum absolute atomic E-state index is 0.305. The van der Waals surface area contributed by atoms with Crippen molar-refractivity contribution in [1.29, 1.82) is 0 Å². The van der Waals surface area contributed by atoms with Crippen LogP contribution in [0.25, 0.3) is 0 Å². The summed E-state index contributed by atoms with van der Waals surface area (Å²) in [6, 6.07) is 0.479. The van der Waals surface area contributed by atoms with E-state index in [0.29, 0.717) is 18.0 Å². The summed E-state index contributed by atoms with van der Waals surface area (Å²) in [6.45, 7) is 9.07.